The number of amides is 1. The van der Waals surface area contributed by atoms with Gasteiger partial charge in [-0.2, -0.15) is 0 Å². The molecule has 1 aliphatic rings. The Bertz CT molecular complexity index is 709. The first-order valence-corrected chi connectivity index (χ1v) is 8.46. The lowest BCUT2D eigenvalue weighted by atomic mass is 9.88. The maximum atomic E-state index is 12.6. The van der Waals surface area contributed by atoms with Gasteiger partial charge in [-0.3, -0.25) is 9.78 Å². The van der Waals surface area contributed by atoms with E-state index < -0.39 is 0 Å². The number of carbonyl (C=O) groups is 1. The predicted octanol–water partition coefficient (Wildman–Crippen LogP) is 3.29. The summed E-state index contributed by atoms with van der Waals surface area (Å²) in [4.78, 5) is 27.5. The van der Waals surface area contributed by atoms with E-state index in [9.17, 15) is 4.79 Å². The normalized spacial score (nSPS) is 18.5. The van der Waals surface area contributed by atoms with Crippen LogP contribution in [0.25, 0.3) is 11.1 Å². The van der Waals surface area contributed by atoms with Gasteiger partial charge in [-0.05, 0) is 30.5 Å². The smallest absolute Gasteiger partial charge is 0.227 e. The van der Waals surface area contributed by atoms with Crippen LogP contribution >= 0.6 is 0 Å². The summed E-state index contributed by atoms with van der Waals surface area (Å²) in [5.41, 5.74) is 2.79. The second-order valence-corrected chi connectivity index (χ2v) is 7.40. The van der Waals surface area contributed by atoms with Gasteiger partial charge in [0.25, 0.3) is 0 Å². The minimum Gasteiger partial charge on any atom is -0.342 e. The summed E-state index contributed by atoms with van der Waals surface area (Å²) in [5, 5.41) is 0. The van der Waals surface area contributed by atoms with Gasteiger partial charge in [-0.25, -0.2) is 9.97 Å². The van der Waals surface area contributed by atoms with Crippen LogP contribution < -0.4 is 0 Å². The average molecular weight is 324 g/mol. The molecule has 0 radical (unpaired) electrons. The molecule has 1 aliphatic heterocycles. The van der Waals surface area contributed by atoms with Crippen LogP contribution in [0.15, 0.2) is 37.1 Å². The monoisotopic (exact) mass is 324 g/mol. The second-order valence-electron chi connectivity index (χ2n) is 7.40. The molecular weight excluding hydrogens is 300 g/mol. The largest absolute Gasteiger partial charge is 0.342 e. The number of piperidine rings is 1. The molecule has 2 aromatic rings. The van der Waals surface area contributed by atoms with Crippen molar-refractivity contribution in [3.8, 4) is 11.1 Å². The van der Waals surface area contributed by atoms with Crippen LogP contribution in [0, 0.1) is 5.41 Å². The Labute approximate surface area is 143 Å². The summed E-state index contributed by atoms with van der Waals surface area (Å²) in [6.07, 6.45) is 9.08. The summed E-state index contributed by atoms with van der Waals surface area (Å²) in [7, 11) is 0. The van der Waals surface area contributed by atoms with Crippen molar-refractivity contribution >= 4 is 5.91 Å². The van der Waals surface area contributed by atoms with Crippen LogP contribution in [0.2, 0.25) is 0 Å². The maximum absolute atomic E-state index is 12.6. The highest BCUT2D eigenvalue weighted by Crippen LogP contribution is 2.33. The van der Waals surface area contributed by atoms with Gasteiger partial charge in [0.15, 0.2) is 0 Å². The van der Waals surface area contributed by atoms with E-state index in [1.807, 2.05) is 44.0 Å². The van der Waals surface area contributed by atoms with Gasteiger partial charge in [0.1, 0.15) is 6.33 Å². The summed E-state index contributed by atoms with van der Waals surface area (Å²) in [5.74, 6) is 0.461. The van der Waals surface area contributed by atoms with Crippen molar-refractivity contribution in [2.75, 3.05) is 13.1 Å². The minimum atomic E-state index is -0.346. The predicted molar refractivity (Wildman–Crippen MR) is 93.3 cm³/mol. The Morgan fingerprint density at radius 3 is 2.67 bits per heavy atom. The Kier molecular flexibility index (Phi) is 4.60. The van der Waals surface area contributed by atoms with Crippen LogP contribution in [-0.2, 0) is 4.79 Å². The molecule has 2 aromatic heterocycles. The molecule has 1 fully saturated rings. The molecule has 3 heterocycles. The number of aromatic nitrogens is 3. The topological polar surface area (TPSA) is 59.0 Å². The van der Waals surface area contributed by atoms with Crippen LogP contribution in [0.1, 0.15) is 45.2 Å². The lowest BCUT2D eigenvalue weighted by Crippen LogP contribution is -2.44. The molecule has 0 N–H and O–H groups in total. The number of rotatable bonds is 2. The molecule has 3 rings (SSSR count). The van der Waals surface area contributed by atoms with Gasteiger partial charge in [0.2, 0.25) is 5.91 Å². The van der Waals surface area contributed by atoms with Crippen LogP contribution in [0.4, 0.5) is 0 Å². The SMILES string of the molecule is CC(C)(C)C(=O)N1CCC[C@H](c2ncncc2-c2ccncc2)C1. The first-order valence-electron chi connectivity index (χ1n) is 8.46. The Morgan fingerprint density at radius 2 is 1.96 bits per heavy atom. The molecule has 1 atom stereocenters. The summed E-state index contributed by atoms with van der Waals surface area (Å²) < 4.78 is 0. The van der Waals surface area contributed by atoms with E-state index in [0.29, 0.717) is 0 Å². The third-order valence-electron chi connectivity index (χ3n) is 4.47. The fourth-order valence-corrected chi connectivity index (χ4v) is 3.28. The number of likely N-dealkylation sites (tertiary alicyclic amines) is 1. The zero-order chi connectivity index (χ0) is 17.2. The van der Waals surface area contributed by atoms with Crippen LogP contribution in [-0.4, -0.2) is 38.8 Å². The maximum Gasteiger partial charge on any atom is 0.227 e. The Hall–Kier alpha value is -2.30. The van der Waals surface area contributed by atoms with Crippen molar-refractivity contribution in [3.63, 3.8) is 0 Å². The molecule has 1 amide bonds. The fourth-order valence-electron chi connectivity index (χ4n) is 3.28. The van der Waals surface area contributed by atoms with Crippen LogP contribution in [0.5, 0.6) is 0 Å². The molecule has 0 bridgehead atoms. The molecule has 0 unspecified atom stereocenters. The van der Waals surface area contributed by atoms with Crippen molar-refractivity contribution in [3.05, 3.63) is 42.7 Å². The Morgan fingerprint density at radius 1 is 1.21 bits per heavy atom. The average Bonchev–Trinajstić information content (AvgIpc) is 2.61. The van der Waals surface area contributed by atoms with Crippen LogP contribution in [0.3, 0.4) is 0 Å². The molecular formula is C19H24N4O. The molecule has 24 heavy (non-hydrogen) atoms. The number of hydrogen-bond donors (Lipinski definition) is 0. The fraction of sp³-hybridized carbons (Fsp3) is 0.474. The van der Waals surface area contributed by atoms with E-state index in [1.165, 1.54) is 0 Å². The van der Waals surface area contributed by atoms with Gasteiger partial charge >= 0.3 is 0 Å². The first-order chi connectivity index (χ1) is 11.5. The van der Waals surface area contributed by atoms with Gasteiger partial charge < -0.3 is 4.90 Å². The second kappa shape index (κ2) is 6.67. The van der Waals surface area contributed by atoms with Gasteiger partial charge in [0.05, 0.1) is 5.69 Å². The third kappa shape index (κ3) is 3.45. The highest BCUT2D eigenvalue weighted by molar-refractivity contribution is 5.81. The standard InChI is InChI=1S/C19H24N4O/c1-19(2,3)18(24)23-10-4-5-15(12-23)17-16(11-21-13-22-17)14-6-8-20-9-7-14/h6-9,11,13,15H,4-5,10,12H2,1-3H3/t15-/m0/s1. The van der Waals surface area contributed by atoms with Crippen molar-refractivity contribution in [1.82, 2.24) is 19.9 Å². The molecule has 0 aromatic carbocycles. The van der Waals surface area contributed by atoms with E-state index in [4.69, 9.17) is 0 Å². The lowest BCUT2D eigenvalue weighted by Gasteiger charge is -2.36. The molecule has 0 saturated carbocycles. The quantitative estimate of drug-likeness (QED) is 0.850. The number of carbonyl (C=O) groups excluding carboxylic acids is 1. The van der Waals surface area contributed by atoms with Crippen molar-refractivity contribution in [2.24, 2.45) is 5.41 Å². The zero-order valence-corrected chi connectivity index (χ0v) is 14.6. The highest BCUT2D eigenvalue weighted by atomic mass is 16.2. The molecule has 0 aliphatic carbocycles. The molecule has 0 spiro atoms. The van der Waals surface area contributed by atoms with Crippen molar-refractivity contribution in [1.29, 1.82) is 0 Å². The van der Waals surface area contributed by atoms with E-state index >= 15 is 0 Å². The van der Waals surface area contributed by atoms with Crippen molar-refractivity contribution in [2.45, 2.75) is 39.5 Å². The highest BCUT2D eigenvalue weighted by Gasteiger charge is 2.32. The first kappa shape index (κ1) is 16.6. The number of hydrogen-bond acceptors (Lipinski definition) is 4. The van der Waals surface area contributed by atoms with Gasteiger partial charge in [0, 0.05) is 48.6 Å². The molecule has 5 heteroatoms. The van der Waals surface area contributed by atoms with Gasteiger partial charge in [-0.1, -0.05) is 20.8 Å². The lowest BCUT2D eigenvalue weighted by molar-refractivity contribution is -0.140. The van der Waals surface area contributed by atoms with E-state index in [1.54, 1.807) is 18.7 Å². The van der Waals surface area contributed by atoms with Gasteiger partial charge in [-0.15, -0.1) is 0 Å². The Balaban J connectivity index is 1.89. The molecule has 5 nitrogen and oxygen atoms in total. The minimum absolute atomic E-state index is 0.215. The molecule has 126 valence electrons. The van der Waals surface area contributed by atoms with E-state index in [2.05, 4.69) is 15.0 Å². The summed E-state index contributed by atoms with van der Waals surface area (Å²) in [6, 6.07) is 3.95. The van der Waals surface area contributed by atoms with E-state index in [-0.39, 0.29) is 17.2 Å². The zero-order valence-electron chi connectivity index (χ0n) is 14.6. The number of pyridine rings is 1. The van der Waals surface area contributed by atoms with E-state index in [0.717, 1.165) is 42.8 Å². The number of nitrogens with zero attached hydrogens (tertiary/aromatic N) is 4. The summed E-state index contributed by atoms with van der Waals surface area (Å²) in [6.45, 7) is 7.50. The van der Waals surface area contributed by atoms with Crippen molar-refractivity contribution < 1.29 is 4.79 Å². The molecule has 1 saturated heterocycles. The third-order valence-corrected chi connectivity index (χ3v) is 4.47. The summed E-state index contributed by atoms with van der Waals surface area (Å²) >= 11 is 0.